The zero-order chi connectivity index (χ0) is 28.1. The van der Waals surface area contributed by atoms with Crippen LogP contribution in [0.1, 0.15) is 32.6 Å². The number of carbonyl (C=O) groups is 2. The number of unbranched alkanes of at least 4 members (excludes halogenated alkanes) is 1. The van der Waals surface area contributed by atoms with E-state index in [-0.39, 0.29) is 12.8 Å². The average molecular weight is 558 g/mol. The van der Waals surface area contributed by atoms with Gasteiger partial charge in [0.2, 0.25) is 0 Å². The number of amides is 1. The normalized spacial score (nSPS) is 15.3. The first kappa shape index (κ1) is 32.8. The van der Waals surface area contributed by atoms with E-state index in [1.165, 1.54) is 6.92 Å². The number of nitrogens with one attached hydrogen (secondary N) is 1. The van der Waals surface area contributed by atoms with Crippen molar-refractivity contribution in [3.05, 3.63) is 12.2 Å². The Balaban J connectivity index is 5.98. The molecule has 0 aliphatic heterocycles. The Hall–Kier alpha value is -2.15. The first-order valence-electron chi connectivity index (χ1n) is 9.17. The van der Waals surface area contributed by atoms with Crippen LogP contribution in [-0.2, 0) is 29.2 Å². The minimum absolute atomic E-state index is 0.0217. The summed E-state index contributed by atoms with van der Waals surface area (Å²) in [6.45, 7) is 1.35. The number of esters is 1. The molecule has 0 aromatic heterocycles. The van der Waals surface area contributed by atoms with Crippen LogP contribution >= 0.6 is 0 Å². The maximum Gasteiger partial charge on any atom is 0.466 e. The molecule has 0 spiro atoms. The molecule has 0 aromatic carbocycles. The number of rotatable bonds is 13. The molecule has 1 atom stereocenters. The van der Waals surface area contributed by atoms with Crippen LogP contribution in [0.2, 0.25) is 0 Å². The number of halogens is 10. The van der Waals surface area contributed by atoms with Crippen molar-refractivity contribution in [2.75, 3.05) is 13.2 Å². The Morgan fingerprint density at radius 2 is 1.49 bits per heavy atom. The van der Waals surface area contributed by atoms with Gasteiger partial charge >= 0.3 is 41.2 Å². The van der Waals surface area contributed by atoms with E-state index in [2.05, 4.69) is 16.1 Å². The minimum atomic E-state index is -6.92. The van der Waals surface area contributed by atoms with Crippen molar-refractivity contribution in [1.29, 1.82) is 0 Å². The van der Waals surface area contributed by atoms with Crippen LogP contribution in [-0.4, -0.2) is 67.3 Å². The fourth-order valence-electron chi connectivity index (χ4n) is 2.05. The lowest BCUT2D eigenvalue weighted by atomic mass is 10.2. The molecule has 0 aliphatic carbocycles. The maximum absolute atomic E-state index is 13.7. The third-order valence-electron chi connectivity index (χ3n) is 3.99. The molecular weight excluding hydrogens is 540 g/mol. The second kappa shape index (κ2) is 11.3. The molecule has 19 heteroatoms. The molecule has 206 valence electrons. The highest BCUT2D eigenvalue weighted by atomic mass is 32.2. The summed E-state index contributed by atoms with van der Waals surface area (Å²) in [5.74, 6) is -15.7. The fraction of sp³-hybridized carbons (Fsp3) is 0.750. The standard InChI is InChI=1S/C16H19F10NO7S/c1-3-4-7-27-11(29)13(15(22,23)24,34-10(28)9(2)14(19,20)21)33-8-5-6-12(17,18)16(25,26)35(30,31)32/h2-8H2,1H3,(H,27,29)(H,30,31,32)/p-1. The van der Waals surface area contributed by atoms with Gasteiger partial charge in [-0.2, -0.15) is 43.9 Å². The summed E-state index contributed by atoms with van der Waals surface area (Å²) < 4.78 is 171. The lowest BCUT2D eigenvalue weighted by molar-refractivity contribution is -0.348. The predicted octanol–water partition coefficient (Wildman–Crippen LogP) is 3.39. The molecule has 0 heterocycles. The number of hydrogen-bond acceptors (Lipinski definition) is 7. The molecule has 0 saturated carbocycles. The molecule has 8 nitrogen and oxygen atoms in total. The fourth-order valence-corrected chi connectivity index (χ4v) is 2.52. The Morgan fingerprint density at radius 3 is 1.89 bits per heavy atom. The largest absolute Gasteiger partial charge is 0.743 e. The van der Waals surface area contributed by atoms with E-state index in [0.717, 1.165) is 0 Å². The summed E-state index contributed by atoms with van der Waals surface area (Å²) in [5, 5.41) is -4.63. The van der Waals surface area contributed by atoms with Gasteiger partial charge in [-0.25, -0.2) is 13.2 Å². The van der Waals surface area contributed by atoms with Crippen molar-refractivity contribution >= 4 is 22.0 Å². The smallest absolute Gasteiger partial charge is 0.466 e. The minimum Gasteiger partial charge on any atom is -0.743 e. The molecule has 0 aliphatic rings. The van der Waals surface area contributed by atoms with Gasteiger partial charge in [0, 0.05) is 13.0 Å². The zero-order valence-electron chi connectivity index (χ0n) is 17.5. The van der Waals surface area contributed by atoms with Crippen molar-refractivity contribution in [3.8, 4) is 0 Å². The summed E-state index contributed by atoms with van der Waals surface area (Å²) >= 11 is 0. The molecule has 35 heavy (non-hydrogen) atoms. The topological polar surface area (TPSA) is 122 Å². The highest BCUT2D eigenvalue weighted by Gasteiger charge is 2.67. The Bertz CT molecular complexity index is 886. The van der Waals surface area contributed by atoms with Gasteiger partial charge < -0.3 is 19.3 Å². The summed E-state index contributed by atoms with van der Waals surface area (Å²) in [6.07, 6.45) is -15.4. The molecule has 0 rings (SSSR count). The second-order valence-corrected chi connectivity index (χ2v) is 8.14. The summed E-state index contributed by atoms with van der Waals surface area (Å²) in [7, 11) is -6.92. The highest BCUT2D eigenvalue weighted by Crippen LogP contribution is 2.42. The number of alkyl halides is 10. The van der Waals surface area contributed by atoms with Crippen molar-refractivity contribution in [1.82, 2.24) is 5.32 Å². The van der Waals surface area contributed by atoms with Crippen LogP contribution < -0.4 is 5.32 Å². The molecule has 1 amide bonds. The Labute approximate surface area is 191 Å². The SMILES string of the molecule is C=C(C(=O)OC(OCCCC(F)(F)C(F)(F)S(=O)(=O)[O-])(C(=O)NCCCC)C(F)(F)F)C(F)(F)F. The third kappa shape index (κ3) is 7.92. The van der Waals surface area contributed by atoms with E-state index in [1.54, 1.807) is 5.32 Å². The summed E-state index contributed by atoms with van der Waals surface area (Å²) in [5.41, 5.74) is -2.51. The van der Waals surface area contributed by atoms with E-state index in [9.17, 15) is 66.5 Å². The lowest BCUT2D eigenvalue weighted by Crippen LogP contribution is -2.62. The van der Waals surface area contributed by atoms with Gasteiger partial charge in [0.15, 0.2) is 10.1 Å². The summed E-state index contributed by atoms with van der Waals surface area (Å²) in [6, 6.07) is 0. The predicted molar refractivity (Wildman–Crippen MR) is 92.8 cm³/mol. The summed E-state index contributed by atoms with van der Waals surface area (Å²) in [4.78, 5) is 23.7. The van der Waals surface area contributed by atoms with Gasteiger partial charge in [-0.15, -0.1) is 0 Å². The third-order valence-corrected chi connectivity index (χ3v) is 4.92. The lowest BCUT2D eigenvalue weighted by Gasteiger charge is -2.34. The van der Waals surface area contributed by atoms with E-state index in [1.807, 2.05) is 0 Å². The molecule has 1 N–H and O–H groups in total. The monoisotopic (exact) mass is 558 g/mol. The molecule has 0 saturated heterocycles. The molecule has 0 radical (unpaired) electrons. The second-order valence-electron chi connectivity index (χ2n) is 6.72. The number of ether oxygens (including phenoxy) is 2. The van der Waals surface area contributed by atoms with Crippen molar-refractivity contribution in [2.24, 2.45) is 0 Å². The van der Waals surface area contributed by atoms with Crippen LogP contribution in [0.4, 0.5) is 43.9 Å². The first-order valence-corrected chi connectivity index (χ1v) is 10.6. The van der Waals surface area contributed by atoms with Gasteiger partial charge in [-0.3, -0.25) is 4.79 Å². The molecule has 0 fully saturated rings. The van der Waals surface area contributed by atoms with Crippen LogP contribution in [0.5, 0.6) is 0 Å². The number of carbonyl (C=O) groups excluding carboxylic acids is 2. The highest BCUT2D eigenvalue weighted by molar-refractivity contribution is 7.86. The van der Waals surface area contributed by atoms with E-state index < -0.39 is 82.9 Å². The number of hydrogen-bond donors (Lipinski definition) is 1. The van der Waals surface area contributed by atoms with E-state index >= 15 is 0 Å². The van der Waals surface area contributed by atoms with E-state index in [4.69, 9.17) is 0 Å². The average Bonchev–Trinajstić information content (AvgIpc) is 2.66. The van der Waals surface area contributed by atoms with Gasteiger partial charge in [0.05, 0.1) is 6.61 Å². The van der Waals surface area contributed by atoms with Gasteiger partial charge in [0.25, 0.3) is 0 Å². The Kier molecular flexibility index (Phi) is 10.6. The van der Waals surface area contributed by atoms with Crippen LogP contribution in [0.25, 0.3) is 0 Å². The molecule has 1 unspecified atom stereocenters. The van der Waals surface area contributed by atoms with Crippen molar-refractivity contribution in [3.63, 3.8) is 0 Å². The maximum atomic E-state index is 13.7. The Morgan fingerprint density at radius 1 is 0.971 bits per heavy atom. The molecular formula is C16H18F10NO7S-. The van der Waals surface area contributed by atoms with Gasteiger partial charge in [-0.05, 0) is 12.8 Å². The molecule has 0 bridgehead atoms. The van der Waals surface area contributed by atoms with Gasteiger partial charge in [-0.1, -0.05) is 19.9 Å². The van der Waals surface area contributed by atoms with E-state index in [0.29, 0.717) is 0 Å². The molecule has 0 aromatic rings. The van der Waals surface area contributed by atoms with Crippen molar-refractivity contribution in [2.45, 2.75) is 61.9 Å². The quantitative estimate of drug-likeness (QED) is 0.0919. The van der Waals surface area contributed by atoms with Crippen molar-refractivity contribution < 1.29 is 75.9 Å². The zero-order valence-corrected chi connectivity index (χ0v) is 18.3. The van der Waals surface area contributed by atoms with Crippen LogP contribution in [0.3, 0.4) is 0 Å². The first-order chi connectivity index (χ1) is 15.5. The van der Waals surface area contributed by atoms with Crippen LogP contribution in [0.15, 0.2) is 12.2 Å². The van der Waals surface area contributed by atoms with Gasteiger partial charge in [0.1, 0.15) is 5.57 Å². The van der Waals surface area contributed by atoms with Crippen LogP contribution in [0, 0.1) is 0 Å².